The van der Waals surface area contributed by atoms with E-state index in [1.165, 1.54) is 0 Å². The van der Waals surface area contributed by atoms with Crippen LogP contribution < -0.4 is 4.74 Å². The molecule has 1 heterocycles. The molecule has 1 aliphatic heterocycles. The molecule has 1 aliphatic rings. The van der Waals surface area contributed by atoms with Crippen molar-refractivity contribution in [2.75, 3.05) is 19.8 Å². The molecule has 0 spiro atoms. The van der Waals surface area contributed by atoms with Gasteiger partial charge >= 0.3 is 0 Å². The number of benzene rings is 1. The average Bonchev–Trinajstić information content (AvgIpc) is 2.84. The monoisotopic (exact) mass is 482 g/mol. The molecule has 0 saturated carbocycles. The second-order valence-electron chi connectivity index (χ2n) is 8.89. The van der Waals surface area contributed by atoms with Crippen molar-refractivity contribution in [2.24, 2.45) is 0 Å². The van der Waals surface area contributed by atoms with E-state index < -0.39 is 36.3 Å². The lowest BCUT2D eigenvalue weighted by Crippen LogP contribution is -2.70. The minimum absolute atomic E-state index is 0.111. The van der Waals surface area contributed by atoms with Gasteiger partial charge in [0.1, 0.15) is 24.1 Å². The van der Waals surface area contributed by atoms with Crippen LogP contribution in [0.2, 0.25) is 0 Å². The lowest BCUT2D eigenvalue weighted by atomic mass is 9.81. The molecule has 0 radical (unpaired) electrons. The molecule has 0 aliphatic carbocycles. The van der Waals surface area contributed by atoms with Crippen LogP contribution in [0, 0.1) is 0 Å². The van der Waals surface area contributed by atoms with Crippen LogP contribution in [-0.4, -0.2) is 81.7 Å². The van der Waals surface area contributed by atoms with Gasteiger partial charge in [0.05, 0.1) is 6.10 Å². The van der Waals surface area contributed by atoms with Gasteiger partial charge in [-0.1, -0.05) is 38.0 Å². The molecular weight excluding hydrogens is 440 g/mol. The predicted molar refractivity (Wildman–Crippen MR) is 129 cm³/mol. The van der Waals surface area contributed by atoms with Crippen molar-refractivity contribution in [1.29, 1.82) is 0 Å². The van der Waals surface area contributed by atoms with Gasteiger partial charge in [-0.25, -0.2) is 0 Å². The van der Waals surface area contributed by atoms with E-state index in [2.05, 4.69) is 13.5 Å². The number of allylic oxidation sites excluding steroid dienone is 1. The van der Waals surface area contributed by atoms with Crippen LogP contribution in [0.15, 0.2) is 36.9 Å². The predicted octanol–water partition coefficient (Wildman–Crippen LogP) is 2.09. The van der Waals surface area contributed by atoms with Crippen LogP contribution in [0.5, 0.6) is 5.75 Å². The molecule has 1 aromatic rings. The third-order valence-corrected chi connectivity index (χ3v) is 6.27. The summed E-state index contributed by atoms with van der Waals surface area (Å²) in [5, 5.41) is 51.5. The van der Waals surface area contributed by atoms with E-state index in [-0.39, 0.29) is 26.1 Å². The number of aliphatic hydroxyl groups is 5. The topological polar surface area (TPSA) is 129 Å². The molecule has 1 aromatic carbocycles. The van der Waals surface area contributed by atoms with Crippen LogP contribution in [0.1, 0.15) is 57.4 Å². The summed E-state index contributed by atoms with van der Waals surface area (Å²) in [7, 11) is 0. The number of aliphatic hydroxyl groups excluding tert-OH is 5. The first-order valence-corrected chi connectivity index (χ1v) is 12.3. The van der Waals surface area contributed by atoms with E-state index in [1.807, 2.05) is 12.1 Å². The molecule has 2 rings (SSSR count). The van der Waals surface area contributed by atoms with E-state index in [9.17, 15) is 20.4 Å². The number of unbranched alkanes of at least 4 members (excludes halogenated alkanes) is 2. The van der Waals surface area contributed by atoms with Crippen molar-refractivity contribution in [3.63, 3.8) is 0 Å². The first-order valence-electron chi connectivity index (χ1n) is 12.3. The highest BCUT2D eigenvalue weighted by molar-refractivity contribution is 5.28. The summed E-state index contributed by atoms with van der Waals surface area (Å²) in [6.07, 6.45) is -0.0423. The van der Waals surface area contributed by atoms with Gasteiger partial charge in [0.25, 0.3) is 0 Å². The molecule has 1 saturated heterocycles. The van der Waals surface area contributed by atoms with E-state index in [0.717, 1.165) is 24.8 Å². The fraction of sp³-hybridized carbons (Fsp3) is 0.692. The minimum atomic E-state index is -1.44. The highest BCUT2D eigenvalue weighted by Crippen LogP contribution is 2.39. The second kappa shape index (κ2) is 14.8. The second-order valence-corrected chi connectivity index (χ2v) is 8.89. The van der Waals surface area contributed by atoms with E-state index >= 15 is 0 Å². The number of ether oxygens (including phenoxy) is 3. The highest BCUT2D eigenvalue weighted by Gasteiger charge is 2.58. The quantitative estimate of drug-likeness (QED) is 0.179. The summed E-state index contributed by atoms with van der Waals surface area (Å²) in [4.78, 5) is 0. The van der Waals surface area contributed by atoms with Gasteiger partial charge in [0.2, 0.25) is 6.29 Å². The standard InChI is InChI=1S/C26H42O8/c1-3-5-6-18-32-26(15-8-17-28)24(31)22(30)23(21(29)10-7-16-27)34-25(26)33-20-13-11-19(9-4-2)12-14-20/h4,11-14,21-25,27-31H,2-3,5-10,15-18H2,1H3. The Morgan fingerprint density at radius 2 is 1.79 bits per heavy atom. The summed E-state index contributed by atoms with van der Waals surface area (Å²) < 4.78 is 18.5. The Bertz CT molecular complexity index is 697. The largest absolute Gasteiger partial charge is 0.462 e. The van der Waals surface area contributed by atoms with Crippen molar-refractivity contribution in [3.8, 4) is 5.75 Å². The average molecular weight is 483 g/mol. The Balaban J connectivity index is 2.36. The number of rotatable bonds is 16. The van der Waals surface area contributed by atoms with Gasteiger partial charge in [-0.15, -0.1) is 6.58 Å². The summed E-state index contributed by atoms with van der Waals surface area (Å²) in [6.45, 7) is 5.90. The lowest BCUT2D eigenvalue weighted by Gasteiger charge is -2.51. The molecule has 6 atom stereocenters. The molecule has 5 N–H and O–H groups in total. The van der Waals surface area contributed by atoms with E-state index in [1.54, 1.807) is 18.2 Å². The molecule has 8 heteroatoms. The lowest BCUT2D eigenvalue weighted by molar-refractivity contribution is -0.342. The molecule has 1 fully saturated rings. The van der Waals surface area contributed by atoms with Crippen LogP contribution in [0.3, 0.4) is 0 Å². The molecule has 0 bridgehead atoms. The Kier molecular flexibility index (Phi) is 12.5. The highest BCUT2D eigenvalue weighted by atomic mass is 16.7. The fourth-order valence-corrected chi connectivity index (χ4v) is 4.31. The van der Waals surface area contributed by atoms with E-state index in [4.69, 9.17) is 19.3 Å². The van der Waals surface area contributed by atoms with Crippen molar-refractivity contribution in [1.82, 2.24) is 0 Å². The smallest absolute Gasteiger partial charge is 0.232 e. The van der Waals surface area contributed by atoms with Crippen LogP contribution in [0.25, 0.3) is 0 Å². The van der Waals surface area contributed by atoms with Crippen LogP contribution in [-0.2, 0) is 15.9 Å². The van der Waals surface area contributed by atoms with Crippen molar-refractivity contribution in [3.05, 3.63) is 42.5 Å². The molecule has 34 heavy (non-hydrogen) atoms. The molecular formula is C26H42O8. The van der Waals surface area contributed by atoms with Crippen LogP contribution in [0.4, 0.5) is 0 Å². The van der Waals surface area contributed by atoms with Gasteiger partial charge < -0.3 is 39.7 Å². The van der Waals surface area contributed by atoms with Gasteiger partial charge in [0, 0.05) is 19.8 Å². The normalized spacial score (nSPS) is 27.9. The molecule has 0 amide bonds. The van der Waals surface area contributed by atoms with Crippen LogP contribution >= 0.6 is 0 Å². The summed E-state index contributed by atoms with van der Waals surface area (Å²) in [5.74, 6) is 0.482. The third kappa shape index (κ3) is 7.49. The molecule has 8 nitrogen and oxygen atoms in total. The van der Waals surface area contributed by atoms with Crippen molar-refractivity contribution >= 4 is 0 Å². The Morgan fingerprint density at radius 3 is 2.41 bits per heavy atom. The zero-order valence-corrected chi connectivity index (χ0v) is 20.2. The summed E-state index contributed by atoms with van der Waals surface area (Å²) in [6, 6.07) is 7.36. The zero-order chi connectivity index (χ0) is 25.0. The Hall–Kier alpha value is -1.52. The van der Waals surface area contributed by atoms with Crippen molar-refractivity contribution < 1.29 is 39.7 Å². The third-order valence-electron chi connectivity index (χ3n) is 6.27. The number of hydrogen-bond donors (Lipinski definition) is 5. The minimum Gasteiger partial charge on any atom is -0.462 e. The maximum Gasteiger partial charge on any atom is 0.232 e. The van der Waals surface area contributed by atoms with Gasteiger partial charge in [-0.3, -0.25) is 0 Å². The molecule has 6 unspecified atom stereocenters. The maximum atomic E-state index is 11.3. The first kappa shape index (κ1) is 28.7. The molecule has 0 aromatic heterocycles. The van der Waals surface area contributed by atoms with Gasteiger partial charge in [-0.05, 0) is 56.2 Å². The molecule has 194 valence electrons. The zero-order valence-electron chi connectivity index (χ0n) is 20.2. The fourth-order valence-electron chi connectivity index (χ4n) is 4.31. The SMILES string of the molecule is C=CCc1ccc(OC2OC(C(O)CCCO)C(O)C(O)C2(CCCO)OCCCCC)cc1. The Labute approximate surface area is 202 Å². The number of hydrogen-bond acceptors (Lipinski definition) is 8. The van der Waals surface area contributed by atoms with Gasteiger partial charge in [-0.2, -0.15) is 0 Å². The maximum absolute atomic E-state index is 11.3. The van der Waals surface area contributed by atoms with E-state index in [0.29, 0.717) is 31.6 Å². The Morgan fingerprint density at radius 1 is 1.09 bits per heavy atom. The van der Waals surface area contributed by atoms with Crippen molar-refractivity contribution in [2.45, 2.75) is 94.6 Å². The first-order chi connectivity index (χ1) is 16.4. The van der Waals surface area contributed by atoms with Gasteiger partial charge in [0.15, 0.2) is 5.60 Å². The summed E-state index contributed by atoms with van der Waals surface area (Å²) in [5.41, 5.74) is -0.384. The summed E-state index contributed by atoms with van der Waals surface area (Å²) >= 11 is 0.